The molecule has 5 heteroatoms. The number of hydrogen-bond donors (Lipinski definition) is 1. The van der Waals surface area contributed by atoms with E-state index >= 15 is 0 Å². The van der Waals surface area contributed by atoms with Crippen LogP contribution in [0.1, 0.15) is 5.56 Å². The molecule has 0 amide bonds. The number of imidazole rings is 1. The molecule has 2 aromatic heterocycles. The first-order valence-electron chi connectivity index (χ1n) is 5.17. The molecule has 17 heavy (non-hydrogen) atoms. The molecule has 2 N–H and O–H groups in total. The van der Waals surface area contributed by atoms with Gasteiger partial charge in [0.05, 0.1) is 17.1 Å². The Labute approximate surface area is 107 Å². The molecule has 0 atom stereocenters. The summed E-state index contributed by atoms with van der Waals surface area (Å²) in [6, 6.07) is 7.80. The van der Waals surface area contributed by atoms with Crippen LogP contribution in [-0.4, -0.2) is 9.55 Å². The van der Waals surface area contributed by atoms with Crippen LogP contribution < -0.4 is 5.73 Å². The molecule has 0 aliphatic rings. The summed E-state index contributed by atoms with van der Waals surface area (Å²) in [6.45, 7) is 0.728. The van der Waals surface area contributed by atoms with E-state index in [2.05, 4.69) is 21.8 Å². The molecule has 0 bridgehead atoms. The lowest BCUT2D eigenvalue weighted by molar-refractivity contribution is 0.842. The first kappa shape index (κ1) is 10.6. The predicted octanol–water partition coefficient (Wildman–Crippen LogP) is 3.38. The molecule has 3 nitrogen and oxygen atoms in total. The van der Waals surface area contributed by atoms with Gasteiger partial charge >= 0.3 is 0 Å². The topological polar surface area (TPSA) is 43.8 Å². The summed E-state index contributed by atoms with van der Waals surface area (Å²) >= 11 is 7.77. The van der Waals surface area contributed by atoms with E-state index in [1.165, 1.54) is 5.56 Å². The molecule has 2 heterocycles. The van der Waals surface area contributed by atoms with Crippen molar-refractivity contribution < 1.29 is 0 Å². The summed E-state index contributed by atoms with van der Waals surface area (Å²) in [7, 11) is 0. The van der Waals surface area contributed by atoms with E-state index in [-0.39, 0.29) is 0 Å². The van der Waals surface area contributed by atoms with Crippen molar-refractivity contribution in [3.8, 4) is 0 Å². The van der Waals surface area contributed by atoms with E-state index in [1.807, 2.05) is 22.8 Å². The fraction of sp³-hybridized carbons (Fsp3) is 0.0833. The van der Waals surface area contributed by atoms with Crippen LogP contribution in [0.2, 0.25) is 5.02 Å². The highest BCUT2D eigenvalue weighted by Gasteiger charge is 2.10. The van der Waals surface area contributed by atoms with Gasteiger partial charge in [-0.25, -0.2) is 4.98 Å². The number of rotatable bonds is 2. The van der Waals surface area contributed by atoms with Gasteiger partial charge in [-0.3, -0.25) is 0 Å². The zero-order chi connectivity index (χ0) is 11.8. The monoisotopic (exact) mass is 263 g/mol. The Morgan fingerprint density at radius 3 is 3.00 bits per heavy atom. The van der Waals surface area contributed by atoms with E-state index in [4.69, 9.17) is 17.3 Å². The van der Waals surface area contributed by atoms with Crippen molar-refractivity contribution in [2.24, 2.45) is 0 Å². The maximum absolute atomic E-state index is 6.09. The third-order valence-corrected chi connectivity index (χ3v) is 3.72. The normalized spacial score (nSPS) is 11.1. The van der Waals surface area contributed by atoms with Crippen LogP contribution in [-0.2, 0) is 6.54 Å². The first-order valence-corrected chi connectivity index (χ1v) is 6.49. The second-order valence-electron chi connectivity index (χ2n) is 3.80. The van der Waals surface area contributed by atoms with Crippen molar-refractivity contribution in [2.75, 3.05) is 5.73 Å². The zero-order valence-electron chi connectivity index (χ0n) is 8.93. The van der Waals surface area contributed by atoms with Crippen molar-refractivity contribution in [1.82, 2.24) is 9.55 Å². The highest BCUT2D eigenvalue weighted by molar-refractivity contribution is 7.07. The number of halogens is 1. The van der Waals surface area contributed by atoms with Crippen molar-refractivity contribution in [3.63, 3.8) is 0 Å². The van der Waals surface area contributed by atoms with Crippen LogP contribution in [0, 0.1) is 0 Å². The van der Waals surface area contributed by atoms with E-state index in [9.17, 15) is 0 Å². The zero-order valence-corrected chi connectivity index (χ0v) is 10.5. The maximum Gasteiger partial charge on any atom is 0.201 e. The van der Waals surface area contributed by atoms with Gasteiger partial charge in [0.1, 0.15) is 5.52 Å². The minimum Gasteiger partial charge on any atom is -0.369 e. The summed E-state index contributed by atoms with van der Waals surface area (Å²) in [6.07, 6.45) is 0. The molecule has 0 fully saturated rings. The van der Waals surface area contributed by atoms with Crippen LogP contribution in [0.25, 0.3) is 11.0 Å². The van der Waals surface area contributed by atoms with Gasteiger partial charge in [-0.1, -0.05) is 17.7 Å². The number of hydrogen-bond acceptors (Lipinski definition) is 3. The fourth-order valence-electron chi connectivity index (χ4n) is 1.86. The smallest absolute Gasteiger partial charge is 0.201 e. The lowest BCUT2D eigenvalue weighted by Gasteiger charge is -2.04. The third kappa shape index (κ3) is 1.79. The molecule has 1 aromatic carbocycles. The van der Waals surface area contributed by atoms with Gasteiger partial charge in [0.2, 0.25) is 5.95 Å². The lowest BCUT2D eigenvalue weighted by atomic mass is 10.3. The Morgan fingerprint density at radius 1 is 1.35 bits per heavy atom. The minimum atomic E-state index is 0.499. The number of nitrogens with zero attached hydrogens (tertiary/aromatic N) is 2. The van der Waals surface area contributed by atoms with Crippen LogP contribution in [0.4, 0.5) is 5.95 Å². The standard InChI is InChI=1S/C12H10ClN3S/c13-9-2-1-3-10-11(9)15-12(14)16(10)6-8-4-5-17-7-8/h1-5,7H,6H2,(H2,14,15). The van der Waals surface area contributed by atoms with Crippen LogP contribution in [0.3, 0.4) is 0 Å². The summed E-state index contributed by atoms with van der Waals surface area (Å²) in [5.74, 6) is 0.499. The van der Waals surface area contributed by atoms with E-state index in [0.717, 1.165) is 17.6 Å². The first-order chi connectivity index (χ1) is 8.25. The second-order valence-corrected chi connectivity index (χ2v) is 4.98. The Hall–Kier alpha value is -1.52. The second kappa shape index (κ2) is 4.05. The summed E-state index contributed by atoms with van der Waals surface area (Å²) in [5.41, 5.74) is 8.90. The highest BCUT2D eigenvalue weighted by Crippen LogP contribution is 2.25. The number of fused-ring (bicyclic) bond motifs is 1. The molecule has 0 aliphatic carbocycles. The number of benzene rings is 1. The number of aromatic nitrogens is 2. The largest absolute Gasteiger partial charge is 0.369 e. The average molecular weight is 264 g/mol. The van der Waals surface area contributed by atoms with E-state index in [0.29, 0.717) is 11.0 Å². The van der Waals surface area contributed by atoms with Crippen LogP contribution in [0.5, 0.6) is 0 Å². The number of thiophene rings is 1. The Morgan fingerprint density at radius 2 is 2.24 bits per heavy atom. The highest BCUT2D eigenvalue weighted by atomic mass is 35.5. The van der Waals surface area contributed by atoms with E-state index < -0.39 is 0 Å². The third-order valence-electron chi connectivity index (χ3n) is 2.68. The predicted molar refractivity (Wildman–Crippen MR) is 72.6 cm³/mol. The molecule has 0 unspecified atom stereocenters. The summed E-state index contributed by atoms with van der Waals surface area (Å²) in [4.78, 5) is 4.31. The van der Waals surface area contributed by atoms with Crippen LogP contribution in [0.15, 0.2) is 35.0 Å². The molecule has 0 spiro atoms. The Bertz CT molecular complexity index is 658. The van der Waals surface area contributed by atoms with Crippen molar-refractivity contribution >= 4 is 39.9 Å². The molecule has 86 valence electrons. The Balaban J connectivity index is 2.16. The Kier molecular flexibility index (Phi) is 2.53. The van der Waals surface area contributed by atoms with Crippen molar-refractivity contribution in [3.05, 3.63) is 45.6 Å². The number of anilines is 1. The van der Waals surface area contributed by atoms with Crippen molar-refractivity contribution in [2.45, 2.75) is 6.54 Å². The van der Waals surface area contributed by atoms with Gasteiger partial charge in [0.25, 0.3) is 0 Å². The minimum absolute atomic E-state index is 0.499. The SMILES string of the molecule is Nc1nc2c(Cl)cccc2n1Cc1ccsc1. The van der Waals surface area contributed by atoms with Crippen molar-refractivity contribution in [1.29, 1.82) is 0 Å². The van der Waals surface area contributed by atoms with Gasteiger partial charge < -0.3 is 10.3 Å². The van der Waals surface area contributed by atoms with Gasteiger partial charge in [-0.15, -0.1) is 0 Å². The van der Waals surface area contributed by atoms with E-state index in [1.54, 1.807) is 11.3 Å². The fourth-order valence-corrected chi connectivity index (χ4v) is 2.73. The molecule has 0 aliphatic heterocycles. The molecule has 0 saturated heterocycles. The van der Waals surface area contributed by atoms with Gasteiger partial charge in [-0.2, -0.15) is 11.3 Å². The molecule has 0 saturated carbocycles. The summed E-state index contributed by atoms with van der Waals surface area (Å²) in [5, 5.41) is 4.80. The molecule has 3 aromatic rings. The molecular formula is C12H10ClN3S. The molecular weight excluding hydrogens is 254 g/mol. The van der Waals surface area contributed by atoms with Gasteiger partial charge in [0, 0.05) is 0 Å². The number of nitrogens with two attached hydrogens (primary N) is 1. The number of nitrogen functional groups attached to an aromatic ring is 1. The van der Waals surface area contributed by atoms with Gasteiger partial charge in [0.15, 0.2) is 0 Å². The molecule has 0 radical (unpaired) electrons. The van der Waals surface area contributed by atoms with Crippen LogP contribution >= 0.6 is 22.9 Å². The summed E-state index contributed by atoms with van der Waals surface area (Å²) < 4.78 is 1.98. The van der Waals surface area contributed by atoms with Gasteiger partial charge in [-0.05, 0) is 34.5 Å². The lowest BCUT2D eigenvalue weighted by Crippen LogP contribution is -2.03. The maximum atomic E-state index is 6.09. The number of para-hydroxylation sites is 1. The quantitative estimate of drug-likeness (QED) is 0.770. The average Bonchev–Trinajstić information content (AvgIpc) is 2.91. The molecule has 3 rings (SSSR count).